The molecule has 0 rings (SSSR count). The van der Waals surface area contributed by atoms with Crippen LogP contribution < -0.4 is 5.73 Å². The van der Waals surface area contributed by atoms with E-state index in [-0.39, 0.29) is 0 Å². The van der Waals surface area contributed by atoms with Crippen LogP contribution in [0, 0.1) is 0 Å². The number of nitrogens with two attached hydrogens (primary N) is 1. The highest BCUT2D eigenvalue weighted by atomic mass is 19.4. The first-order valence-electron chi connectivity index (χ1n) is 6.51. The molecular formula is C10H2F21N. The van der Waals surface area contributed by atoms with Crippen LogP contribution in [0.25, 0.3) is 0 Å². The Bertz CT molecular complexity index is 632. The van der Waals surface area contributed by atoms with E-state index < -0.39 is 59.6 Å². The van der Waals surface area contributed by atoms with Crippen molar-refractivity contribution in [1.82, 2.24) is 0 Å². The van der Waals surface area contributed by atoms with Crippen molar-refractivity contribution >= 4 is 0 Å². The quantitative estimate of drug-likeness (QED) is 0.306. The van der Waals surface area contributed by atoms with Crippen molar-refractivity contribution in [2.24, 2.45) is 5.73 Å². The van der Waals surface area contributed by atoms with Gasteiger partial charge >= 0.3 is 59.6 Å². The fourth-order valence-corrected chi connectivity index (χ4v) is 1.57. The molecule has 0 aromatic carbocycles. The van der Waals surface area contributed by atoms with E-state index in [9.17, 15) is 92.2 Å². The van der Waals surface area contributed by atoms with E-state index in [1.54, 1.807) is 0 Å². The average molecular weight is 535 g/mol. The topological polar surface area (TPSA) is 26.0 Å². The summed E-state index contributed by atoms with van der Waals surface area (Å²) in [5.74, 6) is -69.3. The lowest BCUT2D eigenvalue weighted by Crippen LogP contribution is -2.78. The maximum atomic E-state index is 13.2. The first kappa shape index (κ1) is 30.5. The van der Waals surface area contributed by atoms with Crippen LogP contribution in [-0.2, 0) is 0 Å². The van der Waals surface area contributed by atoms with Gasteiger partial charge in [-0.25, -0.2) is 4.39 Å². The van der Waals surface area contributed by atoms with Crippen LogP contribution in [0.1, 0.15) is 0 Å². The van der Waals surface area contributed by atoms with Crippen molar-refractivity contribution in [2.75, 3.05) is 0 Å². The summed E-state index contributed by atoms with van der Waals surface area (Å²) >= 11 is 0. The van der Waals surface area contributed by atoms with E-state index >= 15 is 0 Å². The van der Waals surface area contributed by atoms with Gasteiger partial charge in [0.05, 0.1) is 0 Å². The summed E-state index contributed by atoms with van der Waals surface area (Å²) in [6.07, 6.45) is -15.6. The van der Waals surface area contributed by atoms with Crippen molar-refractivity contribution in [3.05, 3.63) is 0 Å². The SMILES string of the molecule is NC(F)(C(F)(F)F)C(F)(F)C(F)(F)C(F)(F)C(F)(F)C(F)(F)C(F)(F)C(F)(F)C(F)(F)F. The van der Waals surface area contributed by atoms with Gasteiger partial charge in [-0.3, -0.25) is 5.73 Å². The smallest absolute Gasteiger partial charge is 0.286 e. The molecule has 22 heteroatoms. The van der Waals surface area contributed by atoms with Crippen molar-refractivity contribution in [3.63, 3.8) is 0 Å². The second kappa shape index (κ2) is 7.00. The van der Waals surface area contributed by atoms with Gasteiger partial charge in [-0.1, -0.05) is 0 Å². The maximum Gasteiger partial charge on any atom is 0.460 e. The largest absolute Gasteiger partial charge is 0.460 e. The van der Waals surface area contributed by atoms with E-state index in [1.165, 1.54) is 0 Å². The summed E-state index contributed by atoms with van der Waals surface area (Å²) in [5.41, 5.74) is 3.01. The highest BCUT2D eigenvalue weighted by molar-refractivity contribution is 5.17. The van der Waals surface area contributed by atoms with Crippen molar-refractivity contribution in [2.45, 2.75) is 59.6 Å². The Kier molecular flexibility index (Phi) is 6.67. The van der Waals surface area contributed by atoms with Crippen LogP contribution >= 0.6 is 0 Å². The van der Waals surface area contributed by atoms with E-state index in [1.807, 2.05) is 0 Å². The Morgan fingerprint density at radius 1 is 0.250 bits per heavy atom. The molecule has 1 unspecified atom stereocenters. The number of alkyl halides is 21. The highest BCUT2D eigenvalue weighted by Gasteiger charge is 2.97. The fraction of sp³-hybridized carbons (Fsp3) is 1.00. The van der Waals surface area contributed by atoms with Crippen LogP contribution in [0.2, 0.25) is 0 Å². The lowest BCUT2D eigenvalue weighted by molar-refractivity contribution is -0.470. The minimum atomic E-state index is -9.13. The molecule has 0 fully saturated rings. The first-order chi connectivity index (χ1) is 13.2. The van der Waals surface area contributed by atoms with Crippen molar-refractivity contribution in [1.29, 1.82) is 0 Å². The molecule has 1 atom stereocenters. The molecule has 0 aromatic rings. The number of hydrogen-bond donors (Lipinski definition) is 1. The molecule has 0 aliphatic rings. The van der Waals surface area contributed by atoms with Crippen LogP contribution in [0.5, 0.6) is 0 Å². The first-order valence-corrected chi connectivity index (χ1v) is 6.51. The van der Waals surface area contributed by atoms with E-state index in [2.05, 4.69) is 5.73 Å². The Morgan fingerprint density at radius 2 is 0.438 bits per heavy atom. The molecule has 0 saturated carbocycles. The number of halogens is 21. The Labute approximate surface area is 159 Å². The predicted octanol–water partition coefficient (Wildman–Crippen LogP) is 6.18. The standard InChI is InChI=1S/C10H2F21N/c11-1(12,3(15,16)5(19,20)7(23,24)9(26,27)28)2(13,14)4(17,18)6(21,22)8(25,32)10(29,30)31/h32H2. The third-order valence-corrected chi connectivity index (χ3v) is 3.59. The summed E-state index contributed by atoms with van der Waals surface area (Å²) in [6, 6.07) is 0. The van der Waals surface area contributed by atoms with Gasteiger partial charge in [0.1, 0.15) is 0 Å². The van der Waals surface area contributed by atoms with E-state index in [0.717, 1.165) is 0 Å². The molecule has 0 heterocycles. The highest BCUT2D eigenvalue weighted by Crippen LogP contribution is 2.65. The van der Waals surface area contributed by atoms with E-state index in [4.69, 9.17) is 0 Å². The zero-order valence-electron chi connectivity index (χ0n) is 13.5. The maximum absolute atomic E-state index is 13.2. The summed E-state index contributed by atoms with van der Waals surface area (Å²) < 4.78 is 266. The Morgan fingerprint density at radius 3 is 0.625 bits per heavy atom. The molecule has 32 heavy (non-hydrogen) atoms. The third-order valence-electron chi connectivity index (χ3n) is 3.59. The van der Waals surface area contributed by atoms with Gasteiger partial charge in [0.2, 0.25) is 0 Å². The van der Waals surface area contributed by atoms with Crippen molar-refractivity contribution in [3.8, 4) is 0 Å². The summed E-state index contributed by atoms with van der Waals surface area (Å²) in [7, 11) is 0. The lowest BCUT2D eigenvalue weighted by Gasteiger charge is -2.44. The van der Waals surface area contributed by atoms with Crippen LogP contribution in [0.4, 0.5) is 92.2 Å². The molecule has 1 nitrogen and oxygen atoms in total. The Balaban J connectivity index is 7.00. The molecule has 0 spiro atoms. The molecule has 0 radical (unpaired) electrons. The average Bonchev–Trinajstić information content (AvgIpc) is 2.51. The minimum absolute atomic E-state index is 3.01. The Hall–Kier alpha value is -1.51. The van der Waals surface area contributed by atoms with Gasteiger partial charge in [0.25, 0.3) is 0 Å². The summed E-state index contributed by atoms with van der Waals surface area (Å²) in [4.78, 5) is 0. The monoisotopic (exact) mass is 535 g/mol. The normalized spacial score (nSPS) is 18.6. The van der Waals surface area contributed by atoms with Gasteiger partial charge in [0, 0.05) is 0 Å². The van der Waals surface area contributed by atoms with E-state index in [0.29, 0.717) is 0 Å². The molecule has 0 aliphatic carbocycles. The summed E-state index contributed by atoms with van der Waals surface area (Å²) in [6.45, 7) is 0. The molecule has 0 saturated heterocycles. The molecule has 0 bridgehead atoms. The lowest BCUT2D eigenvalue weighted by atomic mass is 9.86. The van der Waals surface area contributed by atoms with Crippen LogP contribution in [-0.4, -0.2) is 59.6 Å². The second-order valence-electron chi connectivity index (χ2n) is 5.73. The molecule has 2 N–H and O–H groups in total. The second-order valence-corrected chi connectivity index (χ2v) is 5.73. The van der Waals surface area contributed by atoms with Gasteiger partial charge in [-0.2, -0.15) is 87.8 Å². The minimum Gasteiger partial charge on any atom is -0.286 e. The van der Waals surface area contributed by atoms with Gasteiger partial charge in [-0.15, -0.1) is 0 Å². The van der Waals surface area contributed by atoms with Gasteiger partial charge in [0.15, 0.2) is 0 Å². The van der Waals surface area contributed by atoms with Gasteiger partial charge < -0.3 is 0 Å². The molecule has 0 aliphatic heterocycles. The van der Waals surface area contributed by atoms with Crippen LogP contribution in [0.15, 0.2) is 0 Å². The molecule has 0 aromatic heterocycles. The zero-order valence-corrected chi connectivity index (χ0v) is 13.5. The predicted molar refractivity (Wildman–Crippen MR) is 54.8 cm³/mol. The fourth-order valence-electron chi connectivity index (χ4n) is 1.57. The number of rotatable bonds is 7. The van der Waals surface area contributed by atoms with Crippen LogP contribution in [0.3, 0.4) is 0 Å². The third kappa shape index (κ3) is 3.41. The molecular weight excluding hydrogens is 533 g/mol. The number of hydrogen-bond acceptors (Lipinski definition) is 1. The zero-order chi connectivity index (χ0) is 27.0. The molecule has 194 valence electrons. The summed E-state index contributed by atoms with van der Waals surface area (Å²) in [5, 5.41) is 0. The van der Waals surface area contributed by atoms with Crippen molar-refractivity contribution < 1.29 is 92.2 Å². The van der Waals surface area contributed by atoms with Gasteiger partial charge in [-0.05, 0) is 0 Å². The molecule has 0 amide bonds.